The summed E-state index contributed by atoms with van der Waals surface area (Å²) in [4.78, 5) is 22.7. The van der Waals surface area contributed by atoms with Gasteiger partial charge in [-0.15, -0.1) is 0 Å². The van der Waals surface area contributed by atoms with Gasteiger partial charge in [0.15, 0.2) is 15.0 Å². The van der Waals surface area contributed by atoms with Crippen molar-refractivity contribution in [1.29, 1.82) is 0 Å². The SMILES string of the molecule is O=C(CS(=O)(=O)c1ccc(F)cc1)N(Cc1ccccn1)c1nc2ccc(F)cc2s1. The number of nitrogens with zero attached hydrogens (tertiary/aromatic N) is 3. The molecular weight excluding hydrogens is 444 g/mol. The molecule has 6 nitrogen and oxygen atoms in total. The fraction of sp³-hybridized carbons (Fsp3) is 0.0952. The third kappa shape index (κ3) is 4.75. The van der Waals surface area contributed by atoms with Gasteiger partial charge in [0.1, 0.15) is 17.4 Å². The summed E-state index contributed by atoms with van der Waals surface area (Å²) in [7, 11) is -4.02. The molecule has 0 bridgehead atoms. The van der Waals surface area contributed by atoms with E-state index in [1.807, 2.05) is 0 Å². The molecule has 158 valence electrons. The van der Waals surface area contributed by atoms with Crippen LogP contribution >= 0.6 is 11.3 Å². The lowest BCUT2D eigenvalue weighted by Crippen LogP contribution is -2.35. The molecule has 0 unspecified atom stereocenters. The summed E-state index contributed by atoms with van der Waals surface area (Å²) in [5, 5.41) is 0.227. The lowest BCUT2D eigenvalue weighted by molar-refractivity contribution is -0.116. The zero-order chi connectivity index (χ0) is 22.0. The van der Waals surface area contributed by atoms with Gasteiger partial charge in [0.2, 0.25) is 5.91 Å². The molecule has 0 atom stereocenters. The van der Waals surface area contributed by atoms with Crippen LogP contribution in [-0.4, -0.2) is 30.0 Å². The Bertz CT molecular complexity index is 1340. The molecule has 0 fully saturated rings. The molecule has 0 aliphatic carbocycles. The minimum atomic E-state index is -4.02. The molecule has 0 saturated heterocycles. The van der Waals surface area contributed by atoms with Crippen molar-refractivity contribution in [1.82, 2.24) is 9.97 Å². The van der Waals surface area contributed by atoms with Crippen LogP contribution in [0.3, 0.4) is 0 Å². The molecule has 2 aromatic heterocycles. The van der Waals surface area contributed by atoms with Crippen molar-refractivity contribution in [2.45, 2.75) is 11.4 Å². The number of hydrogen-bond donors (Lipinski definition) is 0. The monoisotopic (exact) mass is 459 g/mol. The molecule has 10 heteroatoms. The summed E-state index contributed by atoms with van der Waals surface area (Å²) in [5.74, 6) is -2.59. The number of hydrogen-bond acceptors (Lipinski definition) is 6. The Morgan fingerprint density at radius 3 is 2.45 bits per heavy atom. The molecule has 0 saturated carbocycles. The smallest absolute Gasteiger partial charge is 0.244 e. The molecule has 1 amide bonds. The molecule has 4 aromatic rings. The van der Waals surface area contributed by atoms with Gasteiger partial charge in [-0.05, 0) is 54.6 Å². The minimum Gasteiger partial charge on any atom is -0.281 e. The molecule has 0 aliphatic rings. The molecule has 2 heterocycles. The van der Waals surface area contributed by atoms with Crippen molar-refractivity contribution in [3.05, 3.63) is 84.2 Å². The van der Waals surface area contributed by atoms with Gasteiger partial charge in [-0.25, -0.2) is 22.2 Å². The van der Waals surface area contributed by atoms with Gasteiger partial charge in [0, 0.05) is 6.20 Å². The number of aromatic nitrogens is 2. The van der Waals surface area contributed by atoms with Crippen molar-refractivity contribution in [2.75, 3.05) is 10.7 Å². The summed E-state index contributed by atoms with van der Waals surface area (Å²) >= 11 is 1.07. The standard InChI is InChI=1S/C21H15F2N3O3S2/c22-14-4-7-17(8-5-14)31(28,29)13-20(27)26(12-16-3-1-2-10-24-16)21-25-18-9-6-15(23)11-19(18)30-21/h1-11H,12-13H2. The van der Waals surface area contributed by atoms with Crippen LogP contribution in [0.15, 0.2) is 71.8 Å². The number of anilines is 1. The molecule has 0 radical (unpaired) electrons. The Hall–Kier alpha value is -3.24. The van der Waals surface area contributed by atoms with Gasteiger partial charge in [-0.1, -0.05) is 17.4 Å². The Labute approximate surface area is 180 Å². The van der Waals surface area contributed by atoms with E-state index in [9.17, 15) is 22.0 Å². The Balaban J connectivity index is 1.69. The zero-order valence-corrected chi connectivity index (χ0v) is 17.5. The minimum absolute atomic E-state index is 0.0130. The number of sulfone groups is 1. The highest BCUT2D eigenvalue weighted by Crippen LogP contribution is 2.30. The largest absolute Gasteiger partial charge is 0.281 e. The summed E-state index contributed by atoms with van der Waals surface area (Å²) in [6, 6.07) is 13.5. The predicted molar refractivity (Wildman–Crippen MR) is 113 cm³/mol. The van der Waals surface area contributed by atoms with Crippen LogP contribution in [0.4, 0.5) is 13.9 Å². The molecular formula is C21H15F2N3O3S2. The van der Waals surface area contributed by atoms with E-state index in [2.05, 4.69) is 9.97 Å². The van der Waals surface area contributed by atoms with E-state index in [0.29, 0.717) is 15.9 Å². The van der Waals surface area contributed by atoms with Crippen molar-refractivity contribution in [2.24, 2.45) is 0 Å². The normalized spacial score (nSPS) is 11.5. The van der Waals surface area contributed by atoms with Crippen LogP contribution in [-0.2, 0) is 21.2 Å². The fourth-order valence-corrected chi connectivity index (χ4v) is 5.09. The summed E-state index contributed by atoms with van der Waals surface area (Å²) in [6.45, 7) is -0.0130. The number of halogens is 2. The number of benzene rings is 2. The van der Waals surface area contributed by atoms with E-state index < -0.39 is 33.1 Å². The van der Waals surface area contributed by atoms with Gasteiger partial charge in [0.25, 0.3) is 0 Å². The maximum atomic E-state index is 13.6. The molecule has 0 N–H and O–H groups in total. The number of pyridine rings is 1. The second-order valence-electron chi connectivity index (χ2n) is 6.62. The third-order valence-corrected chi connectivity index (χ3v) is 7.06. The van der Waals surface area contributed by atoms with E-state index in [-0.39, 0.29) is 16.6 Å². The topological polar surface area (TPSA) is 80.2 Å². The maximum Gasteiger partial charge on any atom is 0.244 e. The third-order valence-electron chi connectivity index (χ3n) is 4.40. The second kappa shape index (κ2) is 8.48. The van der Waals surface area contributed by atoms with Gasteiger partial charge in [-0.2, -0.15) is 0 Å². The Morgan fingerprint density at radius 1 is 1.00 bits per heavy atom. The van der Waals surface area contributed by atoms with Gasteiger partial charge >= 0.3 is 0 Å². The van der Waals surface area contributed by atoms with Gasteiger partial charge < -0.3 is 0 Å². The quantitative estimate of drug-likeness (QED) is 0.408. The van der Waals surface area contributed by atoms with Crippen molar-refractivity contribution in [3.63, 3.8) is 0 Å². The predicted octanol–water partition coefficient (Wildman–Crippen LogP) is 3.98. The number of carbonyl (C=O) groups excluding carboxylic acids is 1. The van der Waals surface area contributed by atoms with Crippen LogP contribution in [0.5, 0.6) is 0 Å². The van der Waals surface area contributed by atoms with Crippen LogP contribution in [0, 0.1) is 11.6 Å². The molecule has 4 rings (SSSR count). The number of carbonyl (C=O) groups is 1. The highest BCUT2D eigenvalue weighted by atomic mass is 32.2. The van der Waals surface area contributed by atoms with E-state index in [1.54, 1.807) is 24.4 Å². The van der Waals surface area contributed by atoms with Crippen LogP contribution in [0.25, 0.3) is 10.2 Å². The average Bonchev–Trinajstić information content (AvgIpc) is 3.15. The van der Waals surface area contributed by atoms with Crippen LogP contribution in [0.1, 0.15) is 5.69 Å². The van der Waals surface area contributed by atoms with E-state index in [0.717, 1.165) is 35.6 Å². The highest BCUT2D eigenvalue weighted by Gasteiger charge is 2.27. The fourth-order valence-electron chi connectivity index (χ4n) is 2.88. The zero-order valence-electron chi connectivity index (χ0n) is 15.9. The van der Waals surface area contributed by atoms with Crippen molar-refractivity contribution in [3.8, 4) is 0 Å². The van der Waals surface area contributed by atoms with Gasteiger partial charge in [-0.3, -0.25) is 14.7 Å². The van der Waals surface area contributed by atoms with E-state index in [1.165, 1.54) is 23.1 Å². The van der Waals surface area contributed by atoms with Gasteiger partial charge in [0.05, 0.1) is 27.4 Å². The van der Waals surface area contributed by atoms with E-state index >= 15 is 0 Å². The molecule has 0 spiro atoms. The van der Waals surface area contributed by atoms with Crippen LogP contribution in [0.2, 0.25) is 0 Å². The van der Waals surface area contributed by atoms with Crippen molar-refractivity contribution < 1.29 is 22.0 Å². The summed E-state index contributed by atoms with van der Waals surface area (Å²) in [5.41, 5.74) is 1.02. The second-order valence-corrected chi connectivity index (χ2v) is 9.62. The van der Waals surface area contributed by atoms with E-state index in [4.69, 9.17) is 0 Å². The molecule has 31 heavy (non-hydrogen) atoms. The Morgan fingerprint density at radius 2 is 1.74 bits per heavy atom. The highest BCUT2D eigenvalue weighted by molar-refractivity contribution is 7.92. The lowest BCUT2D eigenvalue weighted by Gasteiger charge is -2.19. The number of amides is 1. The Kier molecular flexibility index (Phi) is 5.75. The van der Waals surface area contributed by atoms with Crippen molar-refractivity contribution >= 4 is 42.4 Å². The number of fused-ring (bicyclic) bond motifs is 1. The lowest BCUT2D eigenvalue weighted by atomic mass is 10.3. The maximum absolute atomic E-state index is 13.6. The average molecular weight is 459 g/mol. The number of rotatable bonds is 6. The first-order valence-corrected chi connectivity index (χ1v) is 11.5. The summed E-state index contributed by atoms with van der Waals surface area (Å²) in [6.07, 6.45) is 1.56. The molecule has 2 aromatic carbocycles. The first-order valence-electron chi connectivity index (χ1n) is 9.06. The number of thiazole rings is 1. The first kappa shape index (κ1) is 21.0. The molecule has 0 aliphatic heterocycles. The van der Waals surface area contributed by atoms with Crippen LogP contribution < -0.4 is 4.90 Å². The summed E-state index contributed by atoms with van der Waals surface area (Å²) < 4.78 is 52.7. The first-order chi connectivity index (χ1) is 14.8.